The fourth-order valence-electron chi connectivity index (χ4n) is 3.49. The van der Waals surface area contributed by atoms with Gasteiger partial charge in [0, 0.05) is 30.5 Å². The van der Waals surface area contributed by atoms with Crippen molar-refractivity contribution >= 4 is 31.8 Å². The van der Waals surface area contributed by atoms with Gasteiger partial charge >= 0.3 is 6.01 Å². The lowest BCUT2D eigenvalue weighted by Crippen LogP contribution is -2.30. The van der Waals surface area contributed by atoms with E-state index in [9.17, 15) is 21.6 Å². The number of benzene rings is 3. The monoisotopic (exact) mass is 540 g/mol. The number of amides is 1. The first-order valence-corrected chi connectivity index (χ1v) is 14.5. The van der Waals surface area contributed by atoms with Crippen LogP contribution in [0.15, 0.2) is 93.1 Å². The Bertz CT molecular complexity index is 1600. The van der Waals surface area contributed by atoms with Crippen LogP contribution >= 0.6 is 0 Å². The van der Waals surface area contributed by atoms with Gasteiger partial charge in [-0.3, -0.25) is 10.1 Å². The van der Waals surface area contributed by atoms with E-state index in [4.69, 9.17) is 4.42 Å². The minimum absolute atomic E-state index is 0.0689. The molecule has 1 N–H and O–H groups in total. The number of sulfonamides is 1. The van der Waals surface area contributed by atoms with Crippen molar-refractivity contribution in [2.75, 3.05) is 18.1 Å². The Kier molecular flexibility index (Phi) is 7.52. The van der Waals surface area contributed by atoms with E-state index in [1.54, 1.807) is 6.92 Å². The van der Waals surface area contributed by atoms with Crippen molar-refractivity contribution in [1.29, 1.82) is 0 Å². The number of carbonyl (C=O) groups excluding carboxylic acids is 1. The fourth-order valence-corrected chi connectivity index (χ4v) is 5.55. The lowest BCUT2D eigenvalue weighted by molar-refractivity contribution is 0.102. The highest BCUT2D eigenvalue weighted by Gasteiger charge is 2.24. The van der Waals surface area contributed by atoms with Crippen LogP contribution in [0.4, 0.5) is 6.01 Å². The van der Waals surface area contributed by atoms with Gasteiger partial charge in [0.2, 0.25) is 15.9 Å². The van der Waals surface area contributed by atoms with Crippen molar-refractivity contribution in [1.82, 2.24) is 14.5 Å². The van der Waals surface area contributed by atoms with Gasteiger partial charge in [0.05, 0.1) is 9.79 Å². The molecule has 0 unspecified atom stereocenters. The Morgan fingerprint density at radius 3 is 2.08 bits per heavy atom. The summed E-state index contributed by atoms with van der Waals surface area (Å²) in [5.41, 5.74) is 1.54. The van der Waals surface area contributed by atoms with Crippen molar-refractivity contribution in [2.24, 2.45) is 0 Å². The predicted octanol–water partition coefficient (Wildman–Crippen LogP) is 3.60. The van der Waals surface area contributed by atoms with Gasteiger partial charge in [-0.15, -0.1) is 5.10 Å². The number of carbonyl (C=O) groups is 1. The van der Waals surface area contributed by atoms with Gasteiger partial charge in [-0.05, 0) is 54.1 Å². The van der Waals surface area contributed by atoms with Crippen LogP contribution in [-0.2, 0) is 26.4 Å². The average molecular weight is 541 g/mol. The maximum Gasteiger partial charge on any atom is 0.322 e. The molecule has 1 amide bonds. The summed E-state index contributed by atoms with van der Waals surface area (Å²) in [4.78, 5) is 12.9. The van der Waals surface area contributed by atoms with Crippen LogP contribution in [0, 0.1) is 0 Å². The Labute approximate surface area is 214 Å². The highest BCUT2D eigenvalue weighted by molar-refractivity contribution is 7.90. The first-order chi connectivity index (χ1) is 17.6. The molecule has 1 heterocycles. The van der Waals surface area contributed by atoms with Gasteiger partial charge < -0.3 is 4.42 Å². The van der Waals surface area contributed by atoms with E-state index in [0.717, 1.165) is 11.8 Å². The molecular formula is C25H24N4O6S2. The molecule has 0 aliphatic rings. The zero-order chi connectivity index (χ0) is 26.6. The molecule has 4 rings (SSSR count). The number of aromatic nitrogens is 2. The molecule has 0 spiro atoms. The maximum atomic E-state index is 13.1. The molecule has 0 fully saturated rings. The first kappa shape index (κ1) is 26.2. The lowest BCUT2D eigenvalue weighted by atomic mass is 10.2. The fraction of sp³-hybridized carbons (Fsp3) is 0.160. The highest BCUT2D eigenvalue weighted by Crippen LogP contribution is 2.23. The zero-order valence-corrected chi connectivity index (χ0v) is 21.7. The van der Waals surface area contributed by atoms with E-state index in [1.807, 2.05) is 30.3 Å². The molecule has 0 atom stereocenters. The summed E-state index contributed by atoms with van der Waals surface area (Å²) < 4.78 is 56.3. The third-order valence-corrected chi connectivity index (χ3v) is 8.55. The third kappa shape index (κ3) is 6.10. The quantitative estimate of drug-likeness (QED) is 0.340. The molecule has 12 heteroatoms. The number of hydrogen-bond acceptors (Lipinski definition) is 8. The van der Waals surface area contributed by atoms with Crippen LogP contribution in [0.5, 0.6) is 0 Å². The molecule has 0 saturated carbocycles. The van der Waals surface area contributed by atoms with Crippen LogP contribution < -0.4 is 5.32 Å². The number of nitrogens with zero attached hydrogens (tertiary/aromatic N) is 3. The topological polar surface area (TPSA) is 140 Å². The summed E-state index contributed by atoms with van der Waals surface area (Å²) in [5, 5.41) is 10.1. The summed E-state index contributed by atoms with van der Waals surface area (Å²) in [7, 11) is -7.11. The molecule has 0 radical (unpaired) electrons. The number of anilines is 1. The van der Waals surface area contributed by atoms with E-state index < -0.39 is 25.8 Å². The van der Waals surface area contributed by atoms with Gasteiger partial charge in [0.15, 0.2) is 9.84 Å². The molecular weight excluding hydrogens is 516 g/mol. The molecule has 0 aliphatic heterocycles. The Hall–Kier alpha value is -3.87. The van der Waals surface area contributed by atoms with Crippen LogP contribution in [-0.4, -0.2) is 50.0 Å². The largest absolute Gasteiger partial charge is 0.403 e. The molecule has 10 nitrogen and oxygen atoms in total. The van der Waals surface area contributed by atoms with Gasteiger partial charge in [0.25, 0.3) is 5.91 Å². The molecule has 4 aromatic rings. The molecule has 0 saturated heterocycles. The second-order valence-corrected chi connectivity index (χ2v) is 12.1. The van der Waals surface area contributed by atoms with E-state index in [0.29, 0.717) is 5.56 Å². The average Bonchev–Trinajstić information content (AvgIpc) is 3.36. The zero-order valence-electron chi connectivity index (χ0n) is 20.0. The van der Waals surface area contributed by atoms with Crippen molar-refractivity contribution in [3.63, 3.8) is 0 Å². The van der Waals surface area contributed by atoms with Gasteiger partial charge in [-0.25, -0.2) is 16.8 Å². The van der Waals surface area contributed by atoms with Crippen LogP contribution in [0.1, 0.15) is 22.8 Å². The van der Waals surface area contributed by atoms with Crippen molar-refractivity contribution in [2.45, 2.75) is 23.3 Å². The van der Waals surface area contributed by atoms with E-state index in [1.165, 1.54) is 52.8 Å². The summed E-state index contributed by atoms with van der Waals surface area (Å²) in [5.74, 6) is -0.474. The third-order valence-electron chi connectivity index (χ3n) is 5.48. The van der Waals surface area contributed by atoms with E-state index in [2.05, 4.69) is 15.5 Å². The number of sulfone groups is 1. The Morgan fingerprint density at radius 2 is 1.49 bits per heavy atom. The molecule has 37 heavy (non-hydrogen) atoms. The van der Waals surface area contributed by atoms with E-state index >= 15 is 0 Å². The van der Waals surface area contributed by atoms with Gasteiger partial charge in [0.1, 0.15) is 0 Å². The normalized spacial score (nSPS) is 12.0. The maximum absolute atomic E-state index is 13.1. The molecule has 3 aromatic carbocycles. The predicted molar refractivity (Wildman–Crippen MR) is 137 cm³/mol. The van der Waals surface area contributed by atoms with Crippen LogP contribution in [0.3, 0.4) is 0 Å². The molecule has 1 aromatic heterocycles. The summed E-state index contributed by atoms with van der Waals surface area (Å²) >= 11 is 0. The molecule has 0 aliphatic carbocycles. The van der Waals surface area contributed by atoms with Crippen molar-refractivity contribution in [3.05, 3.63) is 90.0 Å². The van der Waals surface area contributed by atoms with E-state index in [-0.39, 0.29) is 40.3 Å². The number of hydrogen-bond donors (Lipinski definition) is 1. The second kappa shape index (κ2) is 10.6. The van der Waals surface area contributed by atoms with Crippen LogP contribution in [0.25, 0.3) is 11.5 Å². The summed E-state index contributed by atoms with van der Waals surface area (Å²) in [6.45, 7) is 2.29. The number of nitrogens with one attached hydrogen (secondary N) is 1. The Balaban J connectivity index is 1.44. The number of rotatable bonds is 9. The summed E-state index contributed by atoms with van der Waals surface area (Å²) in [6.07, 6.45) is 1.11. The standard InChI is InChI=1S/C25H24N4O6S2/c1-3-29(17-18-7-5-4-6-8-18)37(33,34)22-15-9-19(10-16-22)23(30)26-25-28-27-24(35-25)20-11-13-21(14-12-20)36(2,31)32/h4-16H,3,17H2,1-2H3,(H,26,28,30). The molecule has 192 valence electrons. The Morgan fingerprint density at radius 1 is 0.865 bits per heavy atom. The second-order valence-electron chi connectivity index (χ2n) is 8.10. The van der Waals surface area contributed by atoms with Gasteiger partial charge in [-0.1, -0.05) is 42.4 Å². The minimum atomic E-state index is -3.77. The SMILES string of the molecule is CCN(Cc1ccccc1)S(=O)(=O)c1ccc(C(=O)Nc2nnc(-c3ccc(S(C)(=O)=O)cc3)o2)cc1. The lowest BCUT2D eigenvalue weighted by Gasteiger charge is -2.20. The smallest absolute Gasteiger partial charge is 0.322 e. The van der Waals surface area contributed by atoms with Crippen molar-refractivity contribution in [3.8, 4) is 11.5 Å². The van der Waals surface area contributed by atoms with Gasteiger partial charge in [-0.2, -0.15) is 4.31 Å². The highest BCUT2D eigenvalue weighted by atomic mass is 32.2. The first-order valence-electron chi connectivity index (χ1n) is 11.2. The minimum Gasteiger partial charge on any atom is -0.403 e. The molecule has 0 bridgehead atoms. The summed E-state index contributed by atoms with van der Waals surface area (Å²) in [6, 6.07) is 20.6. The van der Waals surface area contributed by atoms with Crippen molar-refractivity contribution < 1.29 is 26.0 Å². The van der Waals surface area contributed by atoms with Crippen LogP contribution in [0.2, 0.25) is 0 Å².